The Labute approximate surface area is 173 Å². The lowest BCUT2D eigenvalue weighted by Gasteiger charge is -2.51. The Morgan fingerprint density at radius 1 is 1.10 bits per heavy atom. The highest BCUT2D eigenvalue weighted by Crippen LogP contribution is 2.45. The Morgan fingerprint density at radius 2 is 1.81 bits per heavy atom. The summed E-state index contributed by atoms with van der Waals surface area (Å²) in [7, 11) is 1.53. The third-order valence-electron chi connectivity index (χ3n) is 5.36. The molecule has 0 aliphatic heterocycles. The number of hydrogen-bond donors (Lipinski definition) is 2. The van der Waals surface area contributed by atoms with Gasteiger partial charge in [-0.1, -0.05) is 13.8 Å². The average molecular weight is 450 g/mol. The molecule has 0 amide bonds. The summed E-state index contributed by atoms with van der Waals surface area (Å²) in [5.41, 5.74) is -2.97. The summed E-state index contributed by atoms with van der Waals surface area (Å²) >= 11 is 0. The Kier molecular flexibility index (Phi) is 6.00. The molecule has 31 heavy (non-hydrogen) atoms. The lowest BCUT2D eigenvalue weighted by Crippen LogP contribution is -2.58. The van der Waals surface area contributed by atoms with Gasteiger partial charge in [-0.2, -0.15) is 31.3 Å². The van der Waals surface area contributed by atoms with Gasteiger partial charge in [-0.05, 0) is 6.42 Å². The first kappa shape index (κ1) is 23.0. The second-order valence-corrected chi connectivity index (χ2v) is 7.68. The van der Waals surface area contributed by atoms with Crippen LogP contribution in [0, 0.1) is 5.41 Å². The fourth-order valence-corrected chi connectivity index (χ4v) is 3.40. The minimum Gasteiger partial charge on any atom is -0.381 e. The molecule has 2 aromatic heterocycles. The van der Waals surface area contributed by atoms with Crippen LogP contribution >= 0.6 is 0 Å². The molecule has 0 radical (unpaired) electrons. The summed E-state index contributed by atoms with van der Waals surface area (Å²) in [6.07, 6.45) is -6.76. The number of rotatable bonds is 6. The maximum atomic E-state index is 13.4. The van der Waals surface area contributed by atoms with Crippen LogP contribution in [-0.4, -0.2) is 39.2 Å². The van der Waals surface area contributed by atoms with Crippen LogP contribution in [0.5, 0.6) is 0 Å². The summed E-state index contributed by atoms with van der Waals surface area (Å²) < 4.78 is 84.7. The first-order valence-electron chi connectivity index (χ1n) is 9.17. The van der Waals surface area contributed by atoms with E-state index in [2.05, 4.69) is 30.6 Å². The van der Waals surface area contributed by atoms with E-state index in [9.17, 15) is 26.3 Å². The molecule has 2 aromatic rings. The molecule has 1 saturated carbocycles. The molecular formula is C18H20F6N6O. The number of alkyl halides is 6. The van der Waals surface area contributed by atoms with E-state index in [1.807, 2.05) is 13.8 Å². The molecule has 0 bridgehead atoms. The summed E-state index contributed by atoms with van der Waals surface area (Å²) in [4.78, 5) is 14.3. The molecule has 0 saturated heterocycles. The molecule has 1 fully saturated rings. The standard InChI is InChI=1S/C18H20F6N6O/c1-16(2)11(4-12(16)31-3)29-14-10(17(19,20)21)7-27-15(30-14)26-6-9-5-25-8-28-13(9)18(22,23)24/h5,7-8,11-12H,4,6H2,1-3H3,(H2,26,27,29,30). The topological polar surface area (TPSA) is 84.9 Å². The van der Waals surface area contributed by atoms with E-state index in [-0.39, 0.29) is 23.7 Å². The van der Waals surface area contributed by atoms with E-state index < -0.39 is 41.4 Å². The third kappa shape index (κ3) is 4.81. The molecule has 2 unspecified atom stereocenters. The highest BCUT2D eigenvalue weighted by Gasteiger charge is 2.49. The molecule has 7 nitrogen and oxygen atoms in total. The van der Waals surface area contributed by atoms with Crippen molar-refractivity contribution in [1.82, 2.24) is 19.9 Å². The van der Waals surface area contributed by atoms with Crippen molar-refractivity contribution < 1.29 is 31.1 Å². The number of anilines is 2. The molecule has 13 heteroatoms. The molecule has 3 rings (SSSR count). The Hall–Kier alpha value is -2.70. The van der Waals surface area contributed by atoms with Crippen molar-refractivity contribution in [2.24, 2.45) is 5.41 Å². The van der Waals surface area contributed by atoms with E-state index >= 15 is 0 Å². The van der Waals surface area contributed by atoms with Crippen LogP contribution in [0.1, 0.15) is 37.1 Å². The minimum atomic E-state index is -4.72. The van der Waals surface area contributed by atoms with Crippen LogP contribution < -0.4 is 10.6 Å². The predicted molar refractivity (Wildman–Crippen MR) is 98.0 cm³/mol. The predicted octanol–water partition coefficient (Wildman–Crippen LogP) is 4.14. The molecule has 2 N–H and O–H groups in total. The maximum absolute atomic E-state index is 13.4. The minimum absolute atomic E-state index is 0.127. The first-order valence-corrected chi connectivity index (χ1v) is 9.17. The van der Waals surface area contributed by atoms with Crippen LogP contribution in [-0.2, 0) is 23.6 Å². The van der Waals surface area contributed by atoms with Crippen molar-refractivity contribution >= 4 is 11.8 Å². The van der Waals surface area contributed by atoms with Crippen LogP contribution in [0.15, 0.2) is 18.7 Å². The number of halogens is 6. The zero-order valence-electron chi connectivity index (χ0n) is 16.8. The molecule has 2 atom stereocenters. The summed E-state index contributed by atoms with van der Waals surface area (Å²) in [6.45, 7) is 3.27. The van der Waals surface area contributed by atoms with Crippen LogP contribution in [0.25, 0.3) is 0 Å². The van der Waals surface area contributed by atoms with Crippen LogP contribution in [0.2, 0.25) is 0 Å². The van der Waals surface area contributed by atoms with E-state index in [4.69, 9.17) is 4.74 Å². The van der Waals surface area contributed by atoms with Gasteiger partial charge in [0.2, 0.25) is 5.95 Å². The smallest absolute Gasteiger partial charge is 0.381 e. The summed E-state index contributed by atoms with van der Waals surface area (Å²) in [5, 5.41) is 5.29. The van der Waals surface area contributed by atoms with Crippen molar-refractivity contribution in [3.8, 4) is 0 Å². The molecule has 2 heterocycles. The summed E-state index contributed by atoms with van der Waals surface area (Å²) in [5.74, 6) is -0.731. The molecule has 0 spiro atoms. The molecule has 170 valence electrons. The monoisotopic (exact) mass is 450 g/mol. The highest BCUT2D eigenvalue weighted by atomic mass is 19.4. The first-order chi connectivity index (χ1) is 14.3. The van der Waals surface area contributed by atoms with Gasteiger partial charge in [-0.15, -0.1) is 0 Å². The molecular weight excluding hydrogens is 430 g/mol. The van der Waals surface area contributed by atoms with Crippen molar-refractivity contribution in [3.05, 3.63) is 35.5 Å². The van der Waals surface area contributed by atoms with E-state index in [0.717, 1.165) is 12.5 Å². The fraction of sp³-hybridized carbons (Fsp3) is 0.556. The van der Waals surface area contributed by atoms with Gasteiger partial charge in [0, 0.05) is 43.1 Å². The second kappa shape index (κ2) is 8.09. The SMILES string of the molecule is COC1CC(Nc2nc(NCc3cncnc3C(F)(F)F)ncc2C(F)(F)F)C1(C)C. The third-order valence-corrected chi connectivity index (χ3v) is 5.36. The van der Waals surface area contributed by atoms with Gasteiger partial charge in [-0.25, -0.2) is 15.0 Å². The normalized spacial score (nSPS) is 20.8. The van der Waals surface area contributed by atoms with Gasteiger partial charge in [-0.3, -0.25) is 0 Å². The van der Waals surface area contributed by atoms with Gasteiger partial charge in [0.15, 0.2) is 5.69 Å². The maximum Gasteiger partial charge on any atom is 0.433 e. The van der Waals surface area contributed by atoms with E-state index in [1.54, 1.807) is 0 Å². The Bertz CT molecular complexity index is 932. The zero-order valence-corrected chi connectivity index (χ0v) is 16.8. The number of methoxy groups -OCH3 is 1. The largest absolute Gasteiger partial charge is 0.433 e. The van der Waals surface area contributed by atoms with Crippen LogP contribution in [0.4, 0.5) is 38.1 Å². The van der Waals surface area contributed by atoms with Crippen molar-refractivity contribution in [2.45, 2.75) is 51.3 Å². The quantitative estimate of drug-likeness (QED) is 0.640. The molecule has 0 aromatic carbocycles. The van der Waals surface area contributed by atoms with Crippen molar-refractivity contribution in [1.29, 1.82) is 0 Å². The molecule has 1 aliphatic carbocycles. The van der Waals surface area contributed by atoms with Gasteiger partial charge >= 0.3 is 12.4 Å². The van der Waals surface area contributed by atoms with E-state index in [0.29, 0.717) is 12.6 Å². The fourth-order valence-electron chi connectivity index (χ4n) is 3.40. The number of ether oxygens (including phenoxy) is 1. The van der Waals surface area contributed by atoms with Gasteiger partial charge < -0.3 is 15.4 Å². The van der Waals surface area contributed by atoms with Gasteiger partial charge in [0.1, 0.15) is 17.7 Å². The summed E-state index contributed by atoms with van der Waals surface area (Å²) in [6, 6.07) is -0.347. The second-order valence-electron chi connectivity index (χ2n) is 7.68. The van der Waals surface area contributed by atoms with Crippen LogP contribution in [0.3, 0.4) is 0 Å². The lowest BCUT2D eigenvalue weighted by molar-refractivity contribution is -0.142. The Morgan fingerprint density at radius 3 is 2.39 bits per heavy atom. The van der Waals surface area contributed by atoms with Gasteiger partial charge in [0.25, 0.3) is 0 Å². The van der Waals surface area contributed by atoms with Crippen molar-refractivity contribution in [2.75, 3.05) is 17.7 Å². The number of nitrogens with one attached hydrogen (secondary N) is 2. The lowest BCUT2D eigenvalue weighted by atomic mass is 9.64. The van der Waals surface area contributed by atoms with Crippen molar-refractivity contribution in [3.63, 3.8) is 0 Å². The zero-order chi connectivity index (χ0) is 23.0. The molecule has 1 aliphatic rings. The average Bonchev–Trinajstić information content (AvgIpc) is 2.68. The number of nitrogens with zero attached hydrogens (tertiary/aromatic N) is 4. The number of hydrogen-bond acceptors (Lipinski definition) is 7. The van der Waals surface area contributed by atoms with Gasteiger partial charge in [0.05, 0.1) is 6.10 Å². The number of aromatic nitrogens is 4. The Balaban J connectivity index is 1.83. The highest BCUT2D eigenvalue weighted by molar-refractivity contribution is 5.50. The van der Waals surface area contributed by atoms with E-state index in [1.165, 1.54) is 7.11 Å².